The lowest BCUT2D eigenvalue weighted by Crippen LogP contribution is -2.60. The molecule has 0 amide bonds. The van der Waals surface area contributed by atoms with Gasteiger partial charge in [-0.2, -0.15) is 5.10 Å². The van der Waals surface area contributed by atoms with Gasteiger partial charge in [0.1, 0.15) is 0 Å². The molecule has 2 heterocycles. The summed E-state index contributed by atoms with van der Waals surface area (Å²) in [7, 11) is 0. The third-order valence-corrected chi connectivity index (χ3v) is 5.15. The van der Waals surface area contributed by atoms with E-state index in [1.807, 2.05) is 0 Å². The molecule has 1 atom stereocenters. The Balaban J connectivity index is 1.79. The highest BCUT2D eigenvalue weighted by molar-refractivity contribution is 5.13. The van der Waals surface area contributed by atoms with Gasteiger partial charge in [-0.15, -0.1) is 0 Å². The minimum absolute atomic E-state index is 0.341. The van der Waals surface area contributed by atoms with Crippen LogP contribution in [-0.2, 0) is 19.5 Å². The number of rotatable bonds is 5. The Morgan fingerprint density at radius 1 is 1.40 bits per heavy atom. The monoisotopic (exact) mass is 276 g/mol. The molecule has 1 unspecified atom stereocenters. The number of nitrogens with zero attached hydrogens (tertiary/aromatic N) is 3. The molecule has 1 saturated carbocycles. The Morgan fingerprint density at radius 2 is 2.20 bits per heavy atom. The van der Waals surface area contributed by atoms with Crippen LogP contribution in [0.15, 0.2) is 6.07 Å². The molecule has 0 spiro atoms. The molecule has 4 heteroatoms. The van der Waals surface area contributed by atoms with Gasteiger partial charge in [-0.1, -0.05) is 6.92 Å². The lowest BCUT2D eigenvalue weighted by atomic mass is 9.91. The number of hydrogen-bond donors (Lipinski definition) is 1. The highest BCUT2D eigenvalue weighted by Crippen LogP contribution is 2.44. The summed E-state index contributed by atoms with van der Waals surface area (Å²) >= 11 is 0. The van der Waals surface area contributed by atoms with Crippen LogP contribution in [0, 0.1) is 5.92 Å². The van der Waals surface area contributed by atoms with Gasteiger partial charge in [0.05, 0.1) is 11.4 Å². The molecule has 1 aliphatic heterocycles. The van der Waals surface area contributed by atoms with E-state index in [0.717, 1.165) is 45.1 Å². The normalized spacial score (nSPS) is 27.9. The van der Waals surface area contributed by atoms with Crippen molar-refractivity contribution < 1.29 is 0 Å². The third-order valence-electron chi connectivity index (χ3n) is 5.15. The zero-order valence-electron chi connectivity index (χ0n) is 13.2. The Bertz CT molecular complexity index is 463. The standard InChI is InChI=1S/C16H28N4/c1-4-14-10-15(20(5-2)18-14)11-19-9-8-17-12-16(19,3)13-6-7-13/h10,13,17H,4-9,11-12H2,1-3H3. The first-order valence-electron chi connectivity index (χ1n) is 8.18. The maximum atomic E-state index is 4.70. The van der Waals surface area contributed by atoms with E-state index < -0.39 is 0 Å². The van der Waals surface area contributed by atoms with Crippen LogP contribution in [0.25, 0.3) is 0 Å². The highest BCUT2D eigenvalue weighted by atomic mass is 15.3. The summed E-state index contributed by atoms with van der Waals surface area (Å²) in [5.74, 6) is 0.888. The van der Waals surface area contributed by atoms with Gasteiger partial charge in [0, 0.05) is 38.3 Å². The molecule has 0 aromatic carbocycles. The van der Waals surface area contributed by atoms with Crippen molar-refractivity contribution in [2.75, 3.05) is 19.6 Å². The van der Waals surface area contributed by atoms with E-state index in [9.17, 15) is 0 Å². The first-order valence-corrected chi connectivity index (χ1v) is 8.18. The van der Waals surface area contributed by atoms with Crippen molar-refractivity contribution in [2.24, 2.45) is 5.92 Å². The molecule has 0 bridgehead atoms. The van der Waals surface area contributed by atoms with E-state index in [1.54, 1.807) is 0 Å². The summed E-state index contributed by atoms with van der Waals surface area (Å²) in [6, 6.07) is 2.30. The van der Waals surface area contributed by atoms with Gasteiger partial charge in [-0.25, -0.2) is 0 Å². The molecular formula is C16H28N4. The van der Waals surface area contributed by atoms with E-state index >= 15 is 0 Å². The van der Waals surface area contributed by atoms with E-state index in [1.165, 1.54) is 24.2 Å². The fraction of sp³-hybridized carbons (Fsp3) is 0.812. The smallest absolute Gasteiger partial charge is 0.0625 e. The molecule has 1 aromatic heterocycles. The Labute approximate surface area is 122 Å². The van der Waals surface area contributed by atoms with Gasteiger partial charge in [0.25, 0.3) is 0 Å². The number of nitrogens with one attached hydrogen (secondary N) is 1. The average molecular weight is 276 g/mol. The van der Waals surface area contributed by atoms with Crippen molar-refractivity contribution in [1.29, 1.82) is 0 Å². The third kappa shape index (κ3) is 2.51. The minimum Gasteiger partial charge on any atom is -0.314 e. The van der Waals surface area contributed by atoms with Gasteiger partial charge in [0.2, 0.25) is 0 Å². The summed E-state index contributed by atoms with van der Waals surface area (Å²) in [5.41, 5.74) is 2.95. The van der Waals surface area contributed by atoms with Crippen LogP contribution in [0.2, 0.25) is 0 Å². The van der Waals surface area contributed by atoms with Crippen LogP contribution in [0.1, 0.15) is 45.0 Å². The maximum absolute atomic E-state index is 4.70. The summed E-state index contributed by atoms with van der Waals surface area (Å²) in [6.45, 7) is 12.3. The van der Waals surface area contributed by atoms with E-state index in [0.29, 0.717) is 5.54 Å². The van der Waals surface area contributed by atoms with Crippen LogP contribution >= 0.6 is 0 Å². The molecule has 3 rings (SSSR count). The molecule has 20 heavy (non-hydrogen) atoms. The van der Waals surface area contributed by atoms with Crippen molar-refractivity contribution in [1.82, 2.24) is 20.0 Å². The van der Waals surface area contributed by atoms with Gasteiger partial charge in [0.15, 0.2) is 0 Å². The lowest BCUT2D eigenvalue weighted by Gasteiger charge is -2.46. The molecule has 1 N–H and O–H groups in total. The quantitative estimate of drug-likeness (QED) is 0.893. The van der Waals surface area contributed by atoms with Crippen molar-refractivity contribution in [3.8, 4) is 0 Å². The zero-order chi connectivity index (χ0) is 14.2. The molecule has 1 aliphatic carbocycles. The average Bonchev–Trinajstić information content (AvgIpc) is 3.24. The SMILES string of the molecule is CCc1cc(CN2CCNCC2(C)C2CC2)n(CC)n1. The Hall–Kier alpha value is -0.870. The minimum atomic E-state index is 0.341. The molecule has 1 aromatic rings. The first kappa shape index (κ1) is 14.1. The van der Waals surface area contributed by atoms with E-state index in [4.69, 9.17) is 5.10 Å². The second kappa shape index (κ2) is 5.49. The van der Waals surface area contributed by atoms with Crippen LogP contribution in [0.4, 0.5) is 0 Å². The Kier molecular flexibility index (Phi) is 3.87. The second-order valence-electron chi connectivity index (χ2n) is 6.53. The molecular weight excluding hydrogens is 248 g/mol. The highest BCUT2D eigenvalue weighted by Gasteiger charge is 2.46. The van der Waals surface area contributed by atoms with Gasteiger partial charge in [-0.05, 0) is 45.1 Å². The van der Waals surface area contributed by atoms with Crippen LogP contribution in [0.3, 0.4) is 0 Å². The fourth-order valence-electron chi connectivity index (χ4n) is 3.57. The van der Waals surface area contributed by atoms with Crippen LogP contribution in [-0.4, -0.2) is 39.9 Å². The summed E-state index contributed by atoms with van der Waals surface area (Å²) in [5, 5.41) is 8.29. The lowest BCUT2D eigenvalue weighted by molar-refractivity contribution is 0.0461. The van der Waals surface area contributed by atoms with Gasteiger partial charge in [-0.3, -0.25) is 9.58 Å². The summed E-state index contributed by atoms with van der Waals surface area (Å²) in [4.78, 5) is 2.70. The first-order chi connectivity index (χ1) is 9.67. The van der Waals surface area contributed by atoms with Crippen LogP contribution in [0.5, 0.6) is 0 Å². The predicted octanol–water partition coefficient (Wildman–Crippen LogP) is 2.04. The van der Waals surface area contributed by atoms with Crippen molar-refractivity contribution in [2.45, 2.75) is 58.7 Å². The molecule has 2 aliphatic rings. The zero-order valence-corrected chi connectivity index (χ0v) is 13.2. The maximum Gasteiger partial charge on any atom is 0.0625 e. The van der Waals surface area contributed by atoms with Crippen molar-refractivity contribution >= 4 is 0 Å². The van der Waals surface area contributed by atoms with Crippen molar-refractivity contribution in [3.05, 3.63) is 17.5 Å². The summed E-state index contributed by atoms with van der Waals surface area (Å²) in [6.07, 6.45) is 3.84. The molecule has 112 valence electrons. The molecule has 1 saturated heterocycles. The Morgan fingerprint density at radius 3 is 2.85 bits per heavy atom. The topological polar surface area (TPSA) is 33.1 Å². The fourth-order valence-corrected chi connectivity index (χ4v) is 3.57. The largest absolute Gasteiger partial charge is 0.314 e. The second-order valence-corrected chi connectivity index (χ2v) is 6.53. The predicted molar refractivity (Wildman–Crippen MR) is 81.7 cm³/mol. The molecule has 0 radical (unpaired) electrons. The number of aromatic nitrogens is 2. The number of aryl methyl sites for hydroxylation is 2. The van der Waals surface area contributed by atoms with Gasteiger partial charge >= 0.3 is 0 Å². The van der Waals surface area contributed by atoms with Gasteiger partial charge < -0.3 is 5.32 Å². The summed E-state index contributed by atoms with van der Waals surface area (Å²) < 4.78 is 2.19. The molecule has 2 fully saturated rings. The number of piperazine rings is 1. The van der Waals surface area contributed by atoms with Crippen molar-refractivity contribution in [3.63, 3.8) is 0 Å². The van der Waals surface area contributed by atoms with E-state index in [2.05, 4.69) is 41.7 Å². The van der Waals surface area contributed by atoms with Crippen LogP contribution < -0.4 is 5.32 Å². The molecule has 4 nitrogen and oxygen atoms in total. The van der Waals surface area contributed by atoms with E-state index in [-0.39, 0.29) is 0 Å². The number of hydrogen-bond acceptors (Lipinski definition) is 3.